The number of nitrogens with two attached hydrogens (primary N) is 1. The van der Waals surface area contributed by atoms with Crippen molar-refractivity contribution in [2.75, 3.05) is 18.2 Å². The van der Waals surface area contributed by atoms with Gasteiger partial charge >= 0.3 is 0 Å². The fraction of sp³-hybridized carbons (Fsp3) is 0.444. The Morgan fingerprint density at radius 1 is 1.64 bits per heavy atom. The lowest BCUT2D eigenvalue weighted by molar-refractivity contribution is 0.420. The van der Waals surface area contributed by atoms with E-state index in [1.807, 2.05) is 0 Å². The molecule has 0 radical (unpaired) electrons. The Hall–Kier alpha value is -1.41. The number of anilines is 2. The molecular formula is C9H11N3OS. The molecule has 3 N–H and O–H groups in total. The van der Waals surface area contributed by atoms with E-state index in [1.54, 1.807) is 7.11 Å². The Morgan fingerprint density at radius 2 is 2.36 bits per heavy atom. The van der Waals surface area contributed by atoms with Crippen LogP contribution in [0, 0.1) is 11.3 Å². The Kier molecular flexibility index (Phi) is 2.22. The summed E-state index contributed by atoms with van der Waals surface area (Å²) in [4.78, 5) is 0.519. The third-order valence-corrected chi connectivity index (χ3v) is 3.14. The molecule has 0 spiro atoms. The van der Waals surface area contributed by atoms with Crippen LogP contribution in [0.1, 0.15) is 17.7 Å². The number of nitrogens with one attached hydrogen (secondary N) is 1. The molecule has 5 heteroatoms. The molecule has 0 unspecified atom stereocenters. The highest BCUT2D eigenvalue weighted by Gasteiger charge is 2.25. The lowest BCUT2D eigenvalue weighted by atomic mass is 10.4. The molecule has 1 heterocycles. The predicted molar refractivity (Wildman–Crippen MR) is 56.6 cm³/mol. The molecular weight excluding hydrogens is 198 g/mol. The van der Waals surface area contributed by atoms with Gasteiger partial charge in [0.2, 0.25) is 0 Å². The average molecular weight is 209 g/mol. The highest BCUT2D eigenvalue weighted by molar-refractivity contribution is 7.17. The van der Waals surface area contributed by atoms with Gasteiger partial charge < -0.3 is 15.8 Å². The third-order valence-electron chi connectivity index (χ3n) is 2.12. The van der Waals surface area contributed by atoms with Gasteiger partial charge in [0, 0.05) is 6.04 Å². The van der Waals surface area contributed by atoms with Crippen molar-refractivity contribution in [3.8, 4) is 11.8 Å². The van der Waals surface area contributed by atoms with Crippen LogP contribution >= 0.6 is 11.3 Å². The second-order valence-corrected chi connectivity index (χ2v) is 4.26. The van der Waals surface area contributed by atoms with E-state index in [2.05, 4.69) is 11.4 Å². The monoisotopic (exact) mass is 209 g/mol. The highest BCUT2D eigenvalue weighted by atomic mass is 32.1. The number of nitriles is 1. The maximum Gasteiger partial charge on any atom is 0.177 e. The minimum Gasteiger partial charge on any atom is -0.492 e. The van der Waals surface area contributed by atoms with E-state index in [0.29, 0.717) is 22.4 Å². The van der Waals surface area contributed by atoms with Crippen LogP contribution in [-0.2, 0) is 0 Å². The fourth-order valence-electron chi connectivity index (χ4n) is 1.22. The van der Waals surface area contributed by atoms with Crippen molar-refractivity contribution in [3.63, 3.8) is 0 Å². The van der Waals surface area contributed by atoms with Crippen LogP contribution in [0.15, 0.2) is 0 Å². The number of methoxy groups -OCH3 is 1. The summed E-state index contributed by atoms with van der Waals surface area (Å²) in [6.07, 6.45) is 2.37. The van der Waals surface area contributed by atoms with Gasteiger partial charge in [0.1, 0.15) is 21.6 Å². The van der Waals surface area contributed by atoms with Crippen LogP contribution in [-0.4, -0.2) is 13.2 Å². The Labute approximate surface area is 86.3 Å². The molecule has 0 saturated heterocycles. The van der Waals surface area contributed by atoms with E-state index in [4.69, 9.17) is 15.7 Å². The maximum atomic E-state index is 8.80. The molecule has 1 aliphatic carbocycles. The topological polar surface area (TPSA) is 71.1 Å². The van der Waals surface area contributed by atoms with E-state index in [1.165, 1.54) is 24.2 Å². The molecule has 0 amide bonds. The van der Waals surface area contributed by atoms with E-state index < -0.39 is 0 Å². The normalized spacial score (nSPS) is 14.9. The molecule has 74 valence electrons. The lowest BCUT2D eigenvalue weighted by Gasteiger charge is -2.04. The molecule has 2 rings (SSSR count). The number of nitrogen functional groups attached to an aromatic ring is 1. The first-order valence-corrected chi connectivity index (χ1v) is 5.20. The zero-order chi connectivity index (χ0) is 10.1. The Morgan fingerprint density at radius 3 is 2.86 bits per heavy atom. The number of ether oxygens (including phenoxy) is 1. The molecule has 0 aromatic carbocycles. The van der Waals surface area contributed by atoms with Gasteiger partial charge in [-0.1, -0.05) is 0 Å². The molecule has 0 bridgehead atoms. The van der Waals surface area contributed by atoms with Crippen molar-refractivity contribution in [3.05, 3.63) is 4.88 Å². The molecule has 0 aliphatic heterocycles. The first kappa shape index (κ1) is 9.16. The number of nitrogens with zero attached hydrogens (tertiary/aromatic N) is 1. The van der Waals surface area contributed by atoms with Crippen LogP contribution in [0.3, 0.4) is 0 Å². The summed E-state index contributed by atoms with van der Waals surface area (Å²) in [5.74, 6) is 0.610. The van der Waals surface area contributed by atoms with Crippen LogP contribution in [0.2, 0.25) is 0 Å². The van der Waals surface area contributed by atoms with Crippen molar-refractivity contribution in [1.29, 1.82) is 5.26 Å². The Balaban J connectivity index is 2.32. The number of hydrogen-bond donors (Lipinski definition) is 2. The van der Waals surface area contributed by atoms with Crippen LogP contribution < -0.4 is 15.8 Å². The van der Waals surface area contributed by atoms with Crippen molar-refractivity contribution in [2.24, 2.45) is 0 Å². The minimum absolute atomic E-state index is 0.447. The standard InChI is InChI=1S/C9H11N3OS/c1-13-8-7(11)6(4-10)14-9(8)12-5-2-3-5/h5,12H,2-3,11H2,1H3. The van der Waals surface area contributed by atoms with Crippen molar-refractivity contribution in [1.82, 2.24) is 0 Å². The van der Waals surface area contributed by atoms with E-state index in [-0.39, 0.29) is 0 Å². The molecule has 4 nitrogen and oxygen atoms in total. The number of rotatable bonds is 3. The number of hydrogen-bond acceptors (Lipinski definition) is 5. The molecule has 1 aromatic rings. The molecule has 1 aromatic heterocycles. The quantitative estimate of drug-likeness (QED) is 0.796. The fourth-order valence-corrected chi connectivity index (χ4v) is 2.19. The van der Waals surface area contributed by atoms with Crippen LogP contribution in [0.25, 0.3) is 0 Å². The molecule has 1 saturated carbocycles. The lowest BCUT2D eigenvalue weighted by Crippen LogP contribution is -2.00. The zero-order valence-electron chi connectivity index (χ0n) is 7.83. The van der Waals surface area contributed by atoms with Gasteiger partial charge in [-0.05, 0) is 12.8 Å². The van der Waals surface area contributed by atoms with Gasteiger partial charge in [-0.25, -0.2) is 0 Å². The van der Waals surface area contributed by atoms with Gasteiger partial charge in [0.15, 0.2) is 5.75 Å². The van der Waals surface area contributed by atoms with Gasteiger partial charge in [-0.3, -0.25) is 0 Å². The summed E-state index contributed by atoms with van der Waals surface area (Å²) in [5.41, 5.74) is 6.19. The summed E-state index contributed by atoms with van der Waals surface area (Å²) < 4.78 is 5.16. The summed E-state index contributed by atoms with van der Waals surface area (Å²) in [5, 5.41) is 13.0. The van der Waals surface area contributed by atoms with Crippen LogP contribution in [0.4, 0.5) is 10.7 Å². The van der Waals surface area contributed by atoms with Crippen LogP contribution in [0.5, 0.6) is 5.75 Å². The van der Waals surface area contributed by atoms with Crippen molar-refractivity contribution in [2.45, 2.75) is 18.9 Å². The summed E-state index contributed by atoms with van der Waals surface area (Å²) >= 11 is 1.36. The second kappa shape index (κ2) is 3.39. The van der Waals surface area contributed by atoms with Gasteiger partial charge in [-0.15, -0.1) is 11.3 Å². The average Bonchev–Trinajstić information content (AvgIpc) is 2.92. The van der Waals surface area contributed by atoms with Gasteiger partial charge in [0.25, 0.3) is 0 Å². The zero-order valence-corrected chi connectivity index (χ0v) is 8.65. The summed E-state index contributed by atoms with van der Waals surface area (Å²) in [6, 6.07) is 2.59. The van der Waals surface area contributed by atoms with E-state index in [0.717, 1.165) is 5.00 Å². The predicted octanol–water partition coefficient (Wildman–Crippen LogP) is 1.78. The highest BCUT2D eigenvalue weighted by Crippen LogP contribution is 2.43. The third kappa shape index (κ3) is 1.49. The van der Waals surface area contributed by atoms with Crippen molar-refractivity contribution < 1.29 is 4.74 Å². The first-order valence-electron chi connectivity index (χ1n) is 4.39. The van der Waals surface area contributed by atoms with Gasteiger partial charge in [-0.2, -0.15) is 5.26 Å². The number of thiophene rings is 1. The Bertz CT molecular complexity index is 389. The van der Waals surface area contributed by atoms with E-state index >= 15 is 0 Å². The SMILES string of the molecule is COc1c(NC2CC2)sc(C#N)c1N. The smallest absolute Gasteiger partial charge is 0.177 e. The molecule has 0 atom stereocenters. The largest absolute Gasteiger partial charge is 0.492 e. The summed E-state index contributed by atoms with van der Waals surface area (Å²) in [7, 11) is 1.57. The van der Waals surface area contributed by atoms with E-state index in [9.17, 15) is 0 Å². The van der Waals surface area contributed by atoms with Crippen molar-refractivity contribution >= 4 is 22.0 Å². The maximum absolute atomic E-state index is 8.80. The minimum atomic E-state index is 0.447. The second-order valence-electron chi connectivity index (χ2n) is 3.24. The first-order chi connectivity index (χ1) is 6.76. The summed E-state index contributed by atoms with van der Waals surface area (Å²) in [6.45, 7) is 0. The molecule has 1 aliphatic rings. The molecule has 14 heavy (non-hydrogen) atoms. The molecule has 1 fully saturated rings. The van der Waals surface area contributed by atoms with Gasteiger partial charge in [0.05, 0.1) is 7.11 Å².